The molecule has 230 valence electrons. The van der Waals surface area contributed by atoms with Gasteiger partial charge < -0.3 is 19.3 Å². The van der Waals surface area contributed by atoms with Crippen LogP contribution in [0.1, 0.15) is 40.2 Å². The maximum atomic E-state index is 14.0. The number of benzene rings is 4. The van der Waals surface area contributed by atoms with Crippen molar-refractivity contribution >= 4 is 41.2 Å². The van der Waals surface area contributed by atoms with Gasteiger partial charge in [-0.15, -0.1) is 11.8 Å². The molecule has 1 heterocycles. The molecule has 4 aromatic carbocycles. The third kappa shape index (κ3) is 7.42. The van der Waals surface area contributed by atoms with Crippen LogP contribution in [-0.4, -0.2) is 39.4 Å². The van der Waals surface area contributed by atoms with Gasteiger partial charge in [0.2, 0.25) is 5.91 Å². The van der Waals surface area contributed by atoms with Crippen LogP contribution in [0, 0.1) is 10.1 Å². The Kier molecular flexibility index (Phi) is 9.33. The molecule has 5 rings (SSSR count). The molecule has 0 radical (unpaired) electrons. The number of carboxylic acid groups (broad SMARTS) is 1. The van der Waals surface area contributed by atoms with E-state index in [1.807, 2.05) is 54.6 Å². The molecule has 1 aliphatic rings. The van der Waals surface area contributed by atoms with E-state index in [-0.39, 0.29) is 35.9 Å². The molecule has 0 aromatic heterocycles. The van der Waals surface area contributed by atoms with Crippen LogP contribution < -0.4 is 14.4 Å². The number of nitro groups is 1. The zero-order chi connectivity index (χ0) is 32.0. The van der Waals surface area contributed by atoms with Crippen molar-refractivity contribution in [3.63, 3.8) is 0 Å². The van der Waals surface area contributed by atoms with Gasteiger partial charge in [-0.3, -0.25) is 19.8 Å². The second-order valence-corrected chi connectivity index (χ2v) is 11.9. The fourth-order valence-electron chi connectivity index (χ4n) is 4.70. The monoisotopic (exact) mass is 628 g/mol. The predicted octanol–water partition coefficient (Wildman–Crippen LogP) is 7.02. The summed E-state index contributed by atoms with van der Waals surface area (Å²) in [5, 5.41) is 19.9. The van der Waals surface area contributed by atoms with Gasteiger partial charge in [0, 0.05) is 24.2 Å². The second kappa shape index (κ2) is 13.5. The summed E-state index contributed by atoms with van der Waals surface area (Å²) in [5.74, 6) is -0.671. The van der Waals surface area contributed by atoms with Gasteiger partial charge in [0.1, 0.15) is 23.5 Å². The average Bonchev–Trinajstić information content (AvgIpc) is 3.31. The molecule has 1 amide bonds. The number of anilines is 1. The number of thioether (sulfide) groups is 1. The number of carboxylic acids is 1. The Hall–Kier alpha value is -5.36. The SMILES string of the molecule is C[C@]1(CCOC(=O)Oc2ccc([N+](=O)[O-])cc2)S[C@@H](c2ccc(OCc3ccccc3)cc2)N(c2cccc(C(=O)O)c2)C1=O. The lowest BCUT2D eigenvalue weighted by Crippen LogP contribution is -2.38. The van der Waals surface area contributed by atoms with Crippen LogP contribution >= 0.6 is 11.8 Å². The summed E-state index contributed by atoms with van der Waals surface area (Å²) in [6, 6.07) is 28.3. The number of rotatable bonds is 11. The van der Waals surface area contributed by atoms with Gasteiger partial charge >= 0.3 is 12.1 Å². The number of non-ortho nitro benzene ring substituents is 1. The fourth-order valence-corrected chi connectivity index (χ4v) is 6.20. The number of amides is 1. The molecule has 1 fully saturated rings. The first-order chi connectivity index (χ1) is 21.6. The van der Waals surface area contributed by atoms with Crippen LogP contribution in [-0.2, 0) is 16.1 Å². The summed E-state index contributed by atoms with van der Waals surface area (Å²) in [7, 11) is 0. The molecule has 11 nitrogen and oxygen atoms in total. The molecule has 4 aromatic rings. The van der Waals surface area contributed by atoms with E-state index >= 15 is 0 Å². The minimum Gasteiger partial charge on any atom is -0.489 e. The highest BCUT2D eigenvalue weighted by Gasteiger charge is 2.50. The lowest BCUT2D eigenvalue weighted by Gasteiger charge is -2.25. The Balaban J connectivity index is 1.30. The molecule has 0 saturated carbocycles. The topological polar surface area (TPSA) is 146 Å². The molecule has 0 spiro atoms. The highest BCUT2D eigenvalue weighted by atomic mass is 32.2. The third-order valence-corrected chi connectivity index (χ3v) is 8.72. The van der Waals surface area contributed by atoms with Crippen LogP contribution in [0.5, 0.6) is 11.5 Å². The molecule has 0 unspecified atom stereocenters. The number of carbonyl (C=O) groups excluding carboxylic acids is 2. The Morgan fingerprint density at radius 3 is 2.31 bits per heavy atom. The molecule has 0 bridgehead atoms. The summed E-state index contributed by atoms with van der Waals surface area (Å²) in [6.45, 7) is 2.00. The maximum Gasteiger partial charge on any atom is 0.513 e. The molecule has 0 aliphatic carbocycles. The molecule has 12 heteroatoms. The highest BCUT2D eigenvalue weighted by molar-refractivity contribution is 8.02. The minimum atomic E-state index is -1.12. The van der Waals surface area contributed by atoms with Gasteiger partial charge in [0.15, 0.2) is 0 Å². The highest BCUT2D eigenvalue weighted by Crippen LogP contribution is 2.53. The lowest BCUT2D eigenvalue weighted by atomic mass is 10.0. The van der Waals surface area contributed by atoms with Gasteiger partial charge in [0.25, 0.3) is 5.69 Å². The summed E-state index contributed by atoms with van der Waals surface area (Å²) in [5.41, 5.74) is 2.13. The Morgan fingerprint density at radius 2 is 1.64 bits per heavy atom. The maximum absolute atomic E-state index is 14.0. The van der Waals surface area contributed by atoms with Gasteiger partial charge in [-0.1, -0.05) is 48.5 Å². The second-order valence-electron chi connectivity index (χ2n) is 10.3. The van der Waals surface area contributed by atoms with Crippen LogP contribution in [0.25, 0.3) is 0 Å². The van der Waals surface area contributed by atoms with Crippen molar-refractivity contribution in [1.29, 1.82) is 0 Å². The number of aromatic carboxylic acids is 1. The number of carbonyl (C=O) groups is 3. The zero-order valence-corrected chi connectivity index (χ0v) is 24.8. The van der Waals surface area contributed by atoms with Gasteiger partial charge in [-0.05, 0) is 60.5 Å². The number of nitrogens with zero attached hydrogens (tertiary/aromatic N) is 2. The molecule has 2 atom stereocenters. The van der Waals surface area contributed by atoms with Crippen molar-refractivity contribution in [2.24, 2.45) is 0 Å². The van der Waals surface area contributed by atoms with Crippen LogP contribution in [0.15, 0.2) is 103 Å². The van der Waals surface area contributed by atoms with E-state index < -0.39 is 27.2 Å². The molecular weight excluding hydrogens is 600 g/mol. The van der Waals surface area contributed by atoms with Crippen molar-refractivity contribution in [2.45, 2.75) is 30.1 Å². The molecule has 1 N–H and O–H groups in total. The van der Waals surface area contributed by atoms with Crippen molar-refractivity contribution in [3.8, 4) is 11.5 Å². The van der Waals surface area contributed by atoms with E-state index in [9.17, 15) is 29.6 Å². The van der Waals surface area contributed by atoms with Crippen molar-refractivity contribution < 1.29 is 38.6 Å². The van der Waals surface area contributed by atoms with Gasteiger partial charge in [0.05, 0.1) is 21.8 Å². The lowest BCUT2D eigenvalue weighted by molar-refractivity contribution is -0.384. The van der Waals surface area contributed by atoms with E-state index in [4.69, 9.17) is 14.2 Å². The predicted molar refractivity (Wildman–Crippen MR) is 167 cm³/mol. The van der Waals surface area contributed by atoms with E-state index in [1.54, 1.807) is 24.0 Å². The Morgan fingerprint density at radius 1 is 0.956 bits per heavy atom. The van der Waals surface area contributed by atoms with Crippen LogP contribution in [0.4, 0.5) is 16.2 Å². The Labute approximate surface area is 262 Å². The van der Waals surface area contributed by atoms with E-state index in [0.717, 1.165) is 11.1 Å². The first-order valence-corrected chi connectivity index (χ1v) is 14.7. The number of hydrogen-bond donors (Lipinski definition) is 1. The summed E-state index contributed by atoms with van der Waals surface area (Å²) >= 11 is 1.36. The van der Waals surface area contributed by atoms with Crippen LogP contribution in [0.2, 0.25) is 0 Å². The summed E-state index contributed by atoms with van der Waals surface area (Å²) in [6.07, 6.45) is -0.882. The molecule has 45 heavy (non-hydrogen) atoms. The summed E-state index contributed by atoms with van der Waals surface area (Å²) < 4.78 is 15.2. The minimum absolute atomic E-state index is 0.0413. The number of ether oxygens (including phenoxy) is 3. The number of nitro benzene ring substituents is 1. The van der Waals surface area contributed by atoms with Crippen molar-refractivity contribution in [1.82, 2.24) is 0 Å². The normalized spacial score (nSPS) is 17.5. The van der Waals surface area contributed by atoms with Crippen molar-refractivity contribution in [3.05, 3.63) is 130 Å². The quantitative estimate of drug-likeness (QED) is 0.0796. The smallest absolute Gasteiger partial charge is 0.489 e. The zero-order valence-electron chi connectivity index (χ0n) is 24.0. The Bertz CT molecular complexity index is 1700. The fraction of sp³-hybridized carbons (Fsp3) is 0.182. The van der Waals surface area contributed by atoms with E-state index in [0.29, 0.717) is 18.0 Å². The first kappa shape index (κ1) is 31.1. The van der Waals surface area contributed by atoms with Crippen LogP contribution in [0.3, 0.4) is 0 Å². The average molecular weight is 629 g/mol. The molecule has 1 saturated heterocycles. The van der Waals surface area contributed by atoms with E-state index in [1.165, 1.54) is 48.2 Å². The van der Waals surface area contributed by atoms with E-state index in [2.05, 4.69) is 0 Å². The largest absolute Gasteiger partial charge is 0.513 e. The standard InChI is InChI=1S/C33H28N2O9S/c1-33(18-19-42-32(39)44-28-16-12-25(13-17-28)35(40)41)31(38)34(26-9-5-8-24(20-26)30(36)37)29(45-33)23-10-14-27(15-11-23)43-21-22-6-3-2-4-7-22/h2-17,20,29H,18-19,21H2,1H3,(H,36,37)/t29-,33+/m0/s1. The summed E-state index contributed by atoms with van der Waals surface area (Å²) in [4.78, 5) is 49.8. The third-order valence-electron chi connectivity index (χ3n) is 7.11. The van der Waals surface area contributed by atoms with Crippen molar-refractivity contribution in [2.75, 3.05) is 11.5 Å². The number of hydrogen-bond acceptors (Lipinski definition) is 9. The van der Waals surface area contributed by atoms with Gasteiger partial charge in [-0.2, -0.15) is 0 Å². The first-order valence-electron chi connectivity index (χ1n) is 13.8. The van der Waals surface area contributed by atoms with Gasteiger partial charge in [-0.25, -0.2) is 9.59 Å². The molecule has 1 aliphatic heterocycles. The molecular formula is C33H28N2O9S.